The van der Waals surface area contributed by atoms with Crippen LogP contribution in [-0.2, 0) is 9.53 Å². The number of esters is 1. The van der Waals surface area contributed by atoms with Crippen LogP contribution in [0.2, 0.25) is 0 Å². The smallest absolute Gasteiger partial charge is 0.337 e. The molecule has 2 aromatic rings. The first-order valence-electron chi connectivity index (χ1n) is 6.11. The molecule has 9 heteroatoms. The van der Waals surface area contributed by atoms with Crippen LogP contribution in [0.1, 0.15) is 10.4 Å². The molecule has 22 heavy (non-hydrogen) atoms. The Bertz CT molecular complexity index is 658. The van der Waals surface area contributed by atoms with Crippen LogP contribution in [0.25, 0.3) is 0 Å². The van der Waals surface area contributed by atoms with Crippen molar-refractivity contribution in [2.45, 2.75) is 9.50 Å². The first-order chi connectivity index (χ1) is 10.6. The number of rotatable bonds is 6. The van der Waals surface area contributed by atoms with Gasteiger partial charge in [0.1, 0.15) is 0 Å². The quantitative estimate of drug-likeness (QED) is 0.630. The molecule has 0 unspecified atom stereocenters. The number of nitrogens with zero attached hydrogens (tertiary/aromatic N) is 2. The Morgan fingerprint density at radius 2 is 2.05 bits per heavy atom. The summed E-state index contributed by atoms with van der Waals surface area (Å²) in [5.41, 5.74) is 1.06. The van der Waals surface area contributed by atoms with Crippen molar-refractivity contribution in [1.29, 1.82) is 0 Å². The molecular formula is C13H13N3O3S3. The number of benzene rings is 1. The van der Waals surface area contributed by atoms with Gasteiger partial charge < -0.3 is 10.1 Å². The van der Waals surface area contributed by atoms with Crippen LogP contribution < -0.4 is 5.32 Å². The number of anilines is 1. The van der Waals surface area contributed by atoms with Crippen molar-refractivity contribution in [1.82, 2.24) is 9.36 Å². The summed E-state index contributed by atoms with van der Waals surface area (Å²) in [6.07, 6.45) is 1.90. The van der Waals surface area contributed by atoms with E-state index in [4.69, 9.17) is 0 Å². The molecule has 1 heterocycles. The van der Waals surface area contributed by atoms with Gasteiger partial charge in [-0.3, -0.25) is 4.79 Å². The maximum Gasteiger partial charge on any atom is 0.337 e. The monoisotopic (exact) mass is 355 g/mol. The van der Waals surface area contributed by atoms with Gasteiger partial charge in [0.2, 0.25) is 11.1 Å². The number of aromatic nitrogens is 2. The summed E-state index contributed by atoms with van der Waals surface area (Å²) < 4.78 is 9.51. The molecule has 1 aromatic carbocycles. The number of carbonyl (C=O) groups is 2. The minimum atomic E-state index is -0.408. The number of thioether (sulfide) groups is 2. The zero-order valence-corrected chi connectivity index (χ0v) is 14.3. The van der Waals surface area contributed by atoms with Gasteiger partial charge in [0, 0.05) is 5.69 Å². The fraction of sp³-hybridized carbons (Fsp3) is 0.231. The molecule has 1 aromatic heterocycles. The topological polar surface area (TPSA) is 81.2 Å². The van der Waals surface area contributed by atoms with Gasteiger partial charge in [-0.1, -0.05) is 23.5 Å². The molecule has 0 aliphatic carbocycles. The third-order valence-corrected chi connectivity index (χ3v) is 4.98. The molecule has 0 fully saturated rings. The Labute approximate surface area is 140 Å². The highest BCUT2D eigenvalue weighted by molar-refractivity contribution is 8.01. The number of carbonyl (C=O) groups excluding carboxylic acids is 2. The number of nitrogens with one attached hydrogen (secondary N) is 1. The van der Waals surface area contributed by atoms with E-state index in [1.54, 1.807) is 24.3 Å². The van der Waals surface area contributed by atoms with Crippen LogP contribution in [0.3, 0.4) is 0 Å². The first-order valence-corrected chi connectivity index (χ1v) is 9.09. The fourth-order valence-corrected chi connectivity index (χ4v) is 3.48. The van der Waals surface area contributed by atoms with Gasteiger partial charge in [-0.25, -0.2) is 9.78 Å². The van der Waals surface area contributed by atoms with Crippen LogP contribution in [-0.4, -0.2) is 40.4 Å². The highest BCUT2D eigenvalue weighted by atomic mass is 32.2. The molecule has 0 radical (unpaired) electrons. The number of amides is 1. The van der Waals surface area contributed by atoms with E-state index in [1.807, 2.05) is 6.26 Å². The van der Waals surface area contributed by atoms with E-state index in [0.717, 1.165) is 4.34 Å². The molecule has 6 nitrogen and oxygen atoms in total. The number of hydrogen-bond donors (Lipinski definition) is 1. The standard InChI is InChI=1S/C13H13N3O3S3/c1-19-11(18)8-3-5-9(6-4-8)14-10(17)7-21-13-15-12(20-2)16-22-13/h3-6H,7H2,1-2H3,(H,14,17). The van der Waals surface area contributed by atoms with E-state index >= 15 is 0 Å². The SMILES string of the molecule is COC(=O)c1ccc(NC(=O)CSc2nc(SC)ns2)cc1. The lowest BCUT2D eigenvalue weighted by Crippen LogP contribution is -2.14. The second-order valence-corrected chi connectivity index (χ2v) is 6.70. The molecule has 0 aliphatic rings. The molecule has 0 aliphatic heterocycles. The Hall–Kier alpha value is -1.58. The van der Waals surface area contributed by atoms with Crippen molar-refractivity contribution in [3.63, 3.8) is 0 Å². The lowest BCUT2D eigenvalue weighted by molar-refractivity contribution is -0.113. The summed E-state index contributed by atoms with van der Waals surface area (Å²) in [6, 6.07) is 6.52. The summed E-state index contributed by atoms with van der Waals surface area (Å²) in [5.74, 6) is -0.298. The minimum absolute atomic E-state index is 0.142. The van der Waals surface area contributed by atoms with Crippen molar-refractivity contribution in [3.05, 3.63) is 29.8 Å². The first kappa shape index (κ1) is 16.8. The highest BCUT2D eigenvalue weighted by Gasteiger charge is 2.09. The van der Waals surface area contributed by atoms with Crippen molar-refractivity contribution < 1.29 is 14.3 Å². The van der Waals surface area contributed by atoms with E-state index in [0.29, 0.717) is 16.4 Å². The molecule has 2 rings (SSSR count). The molecule has 0 spiro atoms. The normalized spacial score (nSPS) is 10.3. The number of methoxy groups -OCH3 is 1. The Morgan fingerprint density at radius 1 is 1.32 bits per heavy atom. The molecule has 116 valence electrons. The largest absolute Gasteiger partial charge is 0.465 e. The molecule has 1 amide bonds. The maximum atomic E-state index is 11.9. The van der Waals surface area contributed by atoms with E-state index in [9.17, 15) is 9.59 Å². The minimum Gasteiger partial charge on any atom is -0.465 e. The van der Waals surface area contributed by atoms with Crippen LogP contribution in [0.4, 0.5) is 5.69 Å². The van der Waals surface area contributed by atoms with Crippen LogP contribution in [0, 0.1) is 0 Å². The Balaban J connectivity index is 1.85. The molecule has 0 bridgehead atoms. The predicted octanol–water partition coefficient (Wildman–Crippen LogP) is 2.78. The second kappa shape index (κ2) is 8.16. The fourth-order valence-electron chi connectivity index (χ4n) is 1.47. The van der Waals surface area contributed by atoms with E-state index in [1.165, 1.54) is 42.2 Å². The lowest BCUT2D eigenvalue weighted by atomic mass is 10.2. The van der Waals surface area contributed by atoms with Crippen LogP contribution >= 0.6 is 35.1 Å². The molecule has 0 saturated heterocycles. The Morgan fingerprint density at radius 3 is 2.64 bits per heavy atom. The summed E-state index contributed by atoms with van der Waals surface area (Å²) in [5, 5.41) is 3.47. The predicted molar refractivity (Wildman–Crippen MR) is 88.8 cm³/mol. The summed E-state index contributed by atoms with van der Waals surface area (Å²) in [7, 11) is 1.32. The van der Waals surface area contributed by atoms with Gasteiger partial charge in [0.25, 0.3) is 0 Å². The van der Waals surface area contributed by atoms with Gasteiger partial charge in [-0.15, -0.1) is 0 Å². The molecule has 1 N–H and O–H groups in total. The van der Waals surface area contributed by atoms with Crippen molar-refractivity contribution in [2.75, 3.05) is 24.4 Å². The summed E-state index contributed by atoms with van der Waals surface area (Å²) >= 11 is 4.09. The van der Waals surface area contributed by atoms with Gasteiger partial charge in [-0.05, 0) is 42.1 Å². The van der Waals surface area contributed by atoms with Gasteiger partial charge in [-0.2, -0.15) is 4.37 Å². The average Bonchev–Trinajstić information content (AvgIpc) is 3.01. The average molecular weight is 355 g/mol. The lowest BCUT2D eigenvalue weighted by Gasteiger charge is -2.05. The molecular weight excluding hydrogens is 342 g/mol. The van der Waals surface area contributed by atoms with Crippen molar-refractivity contribution in [3.8, 4) is 0 Å². The van der Waals surface area contributed by atoms with Crippen molar-refractivity contribution in [2.24, 2.45) is 0 Å². The highest BCUT2D eigenvalue weighted by Crippen LogP contribution is 2.23. The third kappa shape index (κ3) is 4.72. The summed E-state index contributed by atoms with van der Waals surface area (Å²) in [4.78, 5) is 27.4. The van der Waals surface area contributed by atoms with Gasteiger partial charge in [0.05, 0.1) is 18.4 Å². The van der Waals surface area contributed by atoms with E-state index < -0.39 is 5.97 Å². The van der Waals surface area contributed by atoms with Gasteiger partial charge >= 0.3 is 5.97 Å². The van der Waals surface area contributed by atoms with Crippen molar-refractivity contribution >= 4 is 52.6 Å². The van der Waals surface area contributed by atoms with Gasteiger partial charge in [0.15, 0.2) is 4.34 Å². The molecule has 0 saturated carbocycles. The number of ether oxygens (including phenoxy) is 1. The third-order valence-electron chi connectivity index (χ3n) is 2.49. The molecule has 0 atom stereocenters. The van der Waals surface area contributed by atoms with E-state index in [-0.39, 0.29) is 11.7 Å². The second-order valence-electron chi connectivity index (χ2n) is 3.95. The summed E-state index contributed by atoms with van der Waals surface area (Å²) in [6.45, 7) is 0. The zero-order valence-electron chi connectivity index (χ0n) is 11.9. The zero-order chi connectivity index (χ0) is 15.9. The van der Waals surface area contributed by atoms with Crippen LogP contribution in [0.15, 0.2) is 33.8 Å². The maximum absolute atomic E-state index is 11.9. The Kier molecular flexibility index (Phi) is 6.22. The number of hydrogen-bond acceptors (Lipinski definition) is 8. The van der Waals surface area contributed by atoms with Crippen LogP contribution in [0.5, 0.6) is 0 Å². The van der Waals surface area contributed by atoms with E-state index in [2.05, 4.69) is 19.4 Å².